The highest BCUT2D eigenvalue weighted by Crippen LogP contribution is 2.05. The molecule has 0 radical (unpaired) electrons. The molecule has 3 nitrogen and oxygen atoms in total. The van der Waals surface area contributed by atoms with Crippen LogP contribution in [0.5, 0.6) is 0 Å². The first-order chi connectivity index (χ1) is 6.24. The lowest BCUT2D eigenvalue weighted by molar-refractivity contribution is 0.276. The number of hydrogen-bond donors (Lipinski definition) is 3. The minimum atomic E-state index is -0.0841. The van der Waals surface area contributed by atoms with Crippen molar-refractivity contribution in [3.63, 3.8) is 0 Å². The predicted molar refractivity (Wildman–Crippen MR) is 52.3 cm³/mol. The highest BCUT2D eigenvalue weighted by molar-refractivity contribution is 5.05. The lowest BCUT2D eigenvalue weighted by Gasteiger charge is -2.00. The third-order valence-electron chi connectivity index (χ3n) is 1.82. The second-order valence-electron chi connectivity index (χ2n) is 2.95. The number of hydrogen-bond acceptors (Lipinski definition) is 3. The zero-order valence-corrected chi connectivity index (χ0v) is 8.03. The number of aliphatic hydroxyl groups is 3. The molecule has 3 N–H and O–H groups in total. The van der Waals surface area contributed by atoms with E-state index in [4.69, 9.17) is 15.3 Å². The molecular formula is C10H18O3. The summed E-state index contributed by atoms with van der Waals surface area (Å²) >= 11 is 0. The maximum absolute atomic E-state index is 8.71. The molecule has 0 aromatic carbocycles. The predicted octanol–water partition coefficient (Wildman–Crippen LogP) is 0.616. The average molecular weight is 186 g/mol. The smallest absolute Gasteiger partial charge is 0.0663 e. The molecule has 0 rings (SSSR count). The zero-order valence-electron chi connectivity index (χ0n) is 8.03. The largest absolute Gasteiger partial charge is 0.392 e. The number of aliphatic hydroxyl groups excluding tert-OH is 3. The fraction of sp³-hybridized carbons (Fsp3) is 0.600. The Morgan fingerprint density at radius 2 is 1.69 bits per heavy atom. The standard InChI is InChI=1S/C10H18O3/c1-9(5-6-11)3-2-4-10(7-12)8-13/h4-5,11-13H,2-3,6-8H2,1H3/b9-5+. The molecule has 0 aliphatic rings. The van der Waals surface area contributed by atoms with Crippen LogP contribution in [0.25, 0.3) is 0 Å². The molecule has 0 aromatic heterocycles. The average Bonchev–Trinajstić information content (AvgIpc) is 2.13. The Morgan fingerprint density at radius 3 is 2.15 bits per heavy atom. The Morgan fingerprint density at radius 1 is 1.08 bits per heavy atom. The Balaban J connectivity index is 3.76. The number of rotatable bonds is 6. The van der Waals surface area contributed by atoms with E-state index in [9.17, 15) is 0 Å². The van der Waals surface area contributed by atoms with Gasteiger partial charge in [0.15, 0.2) is 0 Å². The van der Waals surface area contributed by atoms with Gasteiger partial charge in [-0.1, -0.05) is 17.7 Å². The van der Waals surface area contributed by atoms with Crippen molar-refractivity contribution in [3.8, 4) is 0 Å². The van der Waals surface area contributed by atoms with Gasteiger partial charge in [0, 0.05) is 0 Å². The monoisotopic (exact) mass is 186 g/mol. The van der Waals surface area contributed by atoms with E-state index in [0.29, 0.717) is 5.57 Å². The summed E-state index contributed by atoms with van der Waals surface area (Å²) in [5.74, 6) is 0. The second-order valence-corrected chi connectivity index (χ2v) is 2.95. The lowest BCUT2D eigenvalue weighted by atomic mass is 10.1. The summed E-state index contributed by atoms with van der Waals surface area (Å²) < 4.78 is 0. The van der Waals surface area contributed by atoms with Crippen LogP contribution in [0.4, 0.5) is 0 Å². The molecule has 3 heteroatoms. The third kappa shape index (κ3) is 6.51. The molecule has 0 aliphatic carbocycles. The van der Waals surface area contributed by atoms with Crippen molar-refractivity contribution in [3.05, 3.63) is 23.3 Å². The molecule has 0 amide bonds. The maximum Gasteiger partial charge on any atom is 0.0663 e. The van der Waals surface area contributed by atoms with Gasteiger partial charge in [0.05, 0.1) is 19.8 Å². The van der Waals surface area contributed by atoms with Crippen molar-refractivity contribution in [1.82, 2.24) is 0 Å². The van der Waals surface area contributed by atoms with Crippen LogP contribution in [0.3, 0.4) is 0 Å². The molecule has 0 saturated heterocycles. The zero-order chi connectivity index (χ0) is 10.1. The first kappa shape index (κ1) is 12.4. The van der Waals surface area contributed by atoms with Gasteiger partial charge in [-0.05, 0) is 25.3 Å². The molecule has 13 heavy (non-hydrogen) atoms. The molecule has 0 bridgehead atoms. The summed E-state index contributed by atoms with van der Waals surface area (Å²) in [4.78, 5) is 0. The van der Waals surface area contributed by atoms with Gasteiger partial charge < -0.3 is 15.3 Å². The quantitative estimate of drug-likeness (QED) is 0.533. The van der Waals surface area contributed by atoms with Gasteiger partial charge in [-0.25, -0.2) is 0 Å². The fourth-order valence-electron chi connectivity index (χ4n) is 0.941. The van der Waals surface area contributed by atoms with Crippen LogP contribution in [0.1, 0.15) is 19.8 Å². The SMILES string of the molecule is C/C(=C\CO)CCC=C(CO)CO. The summed E-state index contributed by atoms with van der Waals surface area (Å²) in [6, 6.07) is 0. The normalized spacial score (nSPS) is 11.5. The molecule has 0 aliphatic heterocycles. The van der Waals surface area contributed by atoms with E-state index in [-0.39, 0.29) is 19.8 Å². The van der Waals surface area contributed by atoms with Crippen molar-refractivity contribution >= 4 is 0 Å². The summed E-state index contributed by atoms with van der Waals surface area (Å²) in [6.45, 7) is 1.85. The van der Waals surface area contributed by atoms with Gasteiger partial charge in [0.1, 0.15) is 0 Å². The van der Waals surface area contributed by atoms with E-state index >= 15 is 0 Å². The van der Waals surface area contributed by atoms with Crippen LogP contribution in [0.2, 0.25) is 0 Å². The minimum Gasteiger partial charge on any atom is -0.392 e. The summed E-state index contributed by atoms with van der Waals surface area (Å²) in [7, 11) is 0. The van der Waals surface area contributed by atoms with E-state index in [0.717, 1.165) is 18.4 Å². The Kier molecular flexibility index (Phi) is 7.59. The highest BCUT2D eigenvalue weighted by Gasteiger charge is 1.92. The van der Waals surface area contributed by atoms with Gasteiger partial charge in [-0.15, -0.1) is 0 Å². The van der Waals surface area contributed by atoms with Crippen molar-refractivity contribution in [2.24, 2.45) is 0 Å². The van der Waals surface area contributed by atoms with Gasteiger partial charge >= 0.3 is 0 Å². The molecule has 0 heterocycles. The van der Waals surface area contributed by atoms with Crippen LogP contribution < -0.4 is 0 Å². The van der Waals surface area contributed by atoms with Crippen LogP contribution >= 0.6 is 0 Å². The molecule has 0 unspecified atom stereocenters. The van der Waals surface area contributed by atoms with E-state index in [1.165, 1.54) is 0 Å². The lowest BCUT2D eigenvalue weighted by Crippen LogP contribution is -1.95. The highest BCUT2D eigenvalue weighted by atomic mass is 16.3. The fourth-order valence-corrected chi connectivity index (χ4v) is 0.941. The van der Waals surface area contributed by atoms with Crippen molar-refractivity contribution in [2.75, 3.05) is 19.8 Å². The maximum atomic E-state index is 8.71. The van der Waals surface area contributed by atoms with E-state index in [2.05, 4.69) is 0 Å². The van der Waals surface area contributed by atoms with Crippen molar-refractivity contribution < 1.29 is 15.3 Å². The first-order valence-corrected chi connectivity index (χ1v) is 4.40. The molecule has 0 fully saturated rings. The number of allylic oxidation sites excluding steroid dienone is 2. The van der Waals surface area contributed by atoms with Gasteiger partial charge in [0.2, 0.25) is 0 Å². The van der Waals surface area contributed by atoms with Crippen molar-refractivity contribution in [2.45, 2.75) is 19.8 Å². The summed E-state index contributed by atoms with van der Waals surface area (Å²) in [5.41, 5.74) is 1.77. The molecule has 0 aromatic rings. The van der Waals surface area contributed by atoms with Gasteiger partial charge in [-0.3, -0.25) is 0 Å². The Hall–Kier alpha value is -0.640. The van der Waals surface area contributed by atoms with Crippen LogP contribution in [0.15, 0.2) is 23.3 Å². The molecule has 0 saturated carbocycles. The topological polar surface area (TPSA) is 60.7 Å². The summed E-state index contributed by atoms with van der Waals surface area (Å²) in [6.07, 6.45) is 5.23. The third-order valence-corrected chi connectivity index (χ3v) is 1.82. The summed E-state index contributed by atoms with van der Waals surface area (Å²) in [5, 5.41) is 26.0. The van der Waals surface area contributed by atoms with E-state index in [1.54, 1.807) is 6.08 Å². The van der Waals surface area contributed by atoms with Gasteiger partial charge in [0.25, 0.3) is 0 Å². The molecule has 0 spiro atoms. The van der Waals surface area contributed by atoms with E-state index < -0.39 is 0 Å². The molecular weight excluding hydrogens is 168 g/mol. The van der Waals surface area contributed by atoms with Crippen LogP contribution in [-0.2, 0) is 0 Å². The molecule has 0 atom stereocenters. The van der Waals surface area contributed by atoms with E-state index in [1.807, 2.05) is 13.0 Å². The first-order valence-electron chi connectivity index (χ1n) is 4.40. The Labute approximate surface area is 79.0 Å². The van der Waals surface area contributed by atoms with Crippen LogP contribution in [-0.4, -0.2) is 35.1 Å². The van der Waals surface area contributed by atoms with Crippen molar-refractivity contribution in [1.29, 1.82) is 0 Å². The van der Waals surface area contributed by atoms with Gasteiger partial charge in [-0.2, -0.15) is 0 Å². The molecule has 76 valence electrons. The second kappa shape index (κ2) is 7.98. The minimum absolute atomic E-state index is 0.0718. The Bertz CT molecular complexity index is 177. The van der Waals surface area contributed by atoms with Crippen LogP contribution in [0, 0.1) is 0 Å².